The van der Waals surface area contributed by atoms with E-state index in [1.807, 2.05) is 0 Å². The Morgan fingerprint density at radius 3 is 1.09 bits per heavy atom. The zero-order chi connectivity index (χ0) is 25.3. The lowest BCUT2D eigenvalue weighted by Gasteiger charge is -2.35. The lowest BCUT2D eigenvalue weighted by molar-refractivity contribution is -0.156. The van der Waals surface area contributed by atoms with Crippen molar-refractivity contribution in [1.82, 2.24) is 19.6 Å². The van der Waals surface area contributed by atoms with Crippen molar-refractivity contribution in [2.24, 2.45) is 5.92 Å². The summed E-state index contributed by atoms with van der Waals surface area (Å²) < 4.78 is 0. The van der Waals surface area contributed by atoms with Crippen molar-refractivity contribution >= 4 is 47.3 Å². The predicted molar refractivity (Wildman–Crippen MR) is 112 cm³/mol. The van der Waals surface area contributed by atoms with Crippen molar-refractivity contribution in [2.45, 2.75) is 45.9 Å². The van der Waals surface area contributed by atoms with Crippen molar-refractivity contribution in [3.8, 4) is 0 Å². The molecule has 0 aromatic heterocycles. The van der Waals surface area contributed by atoms with Crippen molar-refractivity contribution in [1.29, 1.82) is 0 Å². The Kier molecular flexibility index (Phi) is 6.70. The van der Waals surface area contributed by atoms with Crippen molar-refractivity contribution in [3.63, 3.8) is 0 Å². The molecule has 1 fully saturated rings. The van der Waals surface area contributed by atoms with Gasteiger partial charge in [0, 0.05) is 49.3 Å². The molecule has 4 heterocycles. The summed E-state index contributed by atoms with van der Waals surface area (Å²) in [6, 6.07) is 0. The Hall–Kier alpha value is -4.22. The van der Waals surface area contributed by atoms with Crippen LogP contribution in [-0.2, 0) is 38.4 Å². The van der Waals surface area contributed by atoms with E-state index in [1.54, 1.807) is 13.8 Å². The lowest BCUT2D eigenvalue weighted by Crippen LogP contribution is -2.55. The highest BCUT2D eigenvalue weighted by Gasteiger charge is 2.42. The van der Waals surface area contributed by atoms with Crippen LogP contribution in [0.25, 0.3) is 0 Å². The molecule has 12 nitrogen and oxygen atoms in total. The van der Waals surface area contributed by atoms with E-state index in [1.165, 1.54) is 6.92 Å². The normalized spacial score (nSPS) is 20.9. The van der Waals surface area contributed by atoms with Crippen LogP contribution in [0.15, 0.2) is 36.5 Å². The molecular formula is C22H22N4O8. The van der Waals surface area contributed by atoms with Gasteiger partial charge >= 0.3 is 0 Å². The van der Waals surface area contributed by atoms with Crippen molar-refractivity contribution in [2.75, 3.05) is 0 Å². The van der Waals surface area contributed by atoms with Crippen LogP contribution in [-0.4, -0.2) is 79.2 Å². The second-order valence-electron chi connectivity index (χ2n) is 8.09. The maximum absolute atomic E-state index is 11.6. The Morgan fingerprint density at radius 2 is 0.794 bits per heavy atom. The summed E-state index contributed by atoms with van der Waals surface area (Å²) in [7, 11) is 0. The van der Waals surface area contributed by atoms with Crippen LogP contribution in [0.4, 0.5) is 0 Å². The average Bonchev–Trinajstić information content (AvgIpc) is 3.48. The molecular weight excluding hydrogens is 448 g/mol. The summed E-state index contributed by atoms with van der Waals surface area (Å²) in [4.78, 5) is 95.9. The van der Waals surface area contributed by atoms with E-state index in [0.717, 1.165) is 56.1 Å². The molecule has 0 saturated carbocycles. The zero-order valence-corrected chi connectivity index (χ0v) is 18.7. The Bertz CT molecular complexity index is 988. The van der Waals surface area contributed by atoms with Gasteiger partial charge in [0.1, 0.15) is 12.3 Å². The topological polar surface area (TPSA) is 150 Å². The fourth-order valence-electron chi connectivity index (χ4n) is 3.96. The SMILES string of the molecule is CC(C)C(N1C(=O)C=CC1=O)N1C(=O)C=CC1=O.CC(N1C(=O)C=CC1=O)N1C(=O)CCC1=O. The van der Waals surface area contributed by atoms with Gasteiger partial charge in [0.25, 0.3) is 35.4 Å². The molecule has 1 unspecified atom stereocenters. The zero-order valence-electron chi connectivity index (χ0n) is 18.7. The Labute approximate surface area is 194 Å². The molecule has 4 rings (SSSR count). The fourth-order valence-corrected chi connectivity index (χ4v) is 3.96. The van der Waals surface area contributed by atoms with Gasteiger partial charge in [0.15, 0.2) is 0 Å². The first-order valence-electron chi connectivity index (χ1n) is 10.5. The molecule has 0 N–H and O–H groups in total. The third-order valence-corrected chi connectivity index (χ3v) is 5.49. The molecule has 0 radical (unpaired) electrons. The van der Waals surface area contributed by atoms with E-state index < -0.39 is 47.8 Å². The van der Waals surface area contributed by atoms with Crippen LogP contribution in [0.2, 0.25) is 0 Å². The van der Waals surface area contributed by atoms with Crippen LogP contribution in [0.5, 0.6) is 0 Å². The number of carbonyl (C=O) groups excluding carboxylic acids is 8. The molecule has 34 heavy (non-hydrogen) atoms. The summed E-state index contributed by atoms with van der Waals surface area (Å²) in [5.41, 5.74) is 0. The van der Waals surface area contributed by atoms with Gasteiger partial charge in [0.05, 0.1) is 0 Å². The quantitative estimate of drug-likeness (QED) is 0.475. The van der Waals surface area contributed by atoms with Gasteiger partial charge in [0.2, 0.25) is 11.8 Å². The maximum atomic E-state index is 11.6. The monoisotopic (exact) mass is 470 g/mol. The maximum Gasteiger partial charge on any atom is 0.255 e. The fraction of sp³-hybridized carbons (Fsp3) is 0.364. The summed E-state index contributed by atoms with van der Waals surface area (Å²) in [5.74, 6) is -3.95. The predicted octanol–water partition coefficient (Wildman–Crippen LogP) is -0.775. The minimum atomic E-state index is -0.880. The third kappa shape index (κ3) is 4.34. The molecule has 1 atom stereocenters. The number of hydrogen-bond donors (Lipinski definition) is 0. The molecule has 0 aliphatic carbocycles. The first kappa shape index (κ1) is 24.4. The first-order chi connectivity index (χ1) is 16.0. The highest BCUT2D eigenvalue weighted by molar-refractivity contribution is 6.16. The van der Waals surface area contributed by atoms with E-state index in [2.05, 4.69) is 0 Å². The van der Waals surface area contributed by atoms with Crippen LogP contribution >= 0.6 is 0 Å². The summed E-state index contributed by atoms with van der Waals surface area (Å²) >= 11 is 0. The molecule has 0 aromatic rings. The number of carbonyl (C=O) groups is 8. The largest absolute Gasteiger partial charge is 0.274 e. The Morgan fingerprint density at radius 1 is 0.500 bits per heavy atom. The minimum Gasteiger partial charge on any atom is -0.274 e. The van der Waals surface area contributed by atoms with E-state index in [0.29, 0.717) is 0 Å². The number of rotatable bonds is 5. The summed E-state index contributed by atoms with van der Waals surface area (Å²) in [6.07, 6.45) is 5.37. The molecule has 1 saturated heterocycles. The molecule has 8 amide bonds. The number of likely N-dealkylation sites (tertiary alicyclic amines) is 1. The first-order valence-corrected chi connectivity index (χ1v) is 10.5. The van der Waals surface area contributed by atoms with Gasteiger partial charge < -0.3 is 0 Å². The van der Waals surface area contributed by atoms with E-state index in [9.17, 15) is 38.4 Å². The van der Waals surface area contributed by atoms with E-state index in [4.69, 9.17) is 0 Å². The molecule has 0 spiro atoms. The van der Waals surface area contributed by atoms with Crippen LogP contribution < -0.4 is 0 Å². The van der Waals surface area contributed by atoms with Gasteiger partial charge in [-0.1, -0.05) is 13.8 Å². The Balaban J connectivity index is 0.000000192. The lowest BCUT2D eigenvalue weighted by atomic mass is 10.1. The smallest absolute Gasteiger partial charge is 0.255 e. The second-order valence-corrected chi connectivity index (χ2v) is 8.09. The second kappa shape index (κ2) is 9.33. The minimum absolute atomic E-state index is 0.146. The highest BCUT2D eigenvalue weighted by Crippen LogP contribution is 2.23. The number of nitrogens with zero attached hydrogens (tertiary/aromatic N) is 4. The molecule has 4 aliphatic rings. The van der Waals surface area contributed by atoms with Crippen molar-refractivity contribution < 1.29 is 38.4 Å². The van der Waals surface area contributed by atoms with E-state index >= 15 is 0 Å². The van der Waals surface area contributed by atoms with Gasteiger partial charge in [-0.2, -0.15) is 0 Å². The highest BCUT2D eigenvalue weighted by atomic mass is 16.2. The van der Waals surface area contributed by atoms with Gasteiger partial charge in [-0.25, -0.2) is 0 Å². The van der Waals surface area contributed by atoms with E-state index in [-0.39, 0.29) is 30.6 Å². The van der Waals surface area contributed by atoms with Crippen LogP contribution in [0.3, 0.4) is 0 Å². The molecule has 178 valence electrons. The molecule has 4 aliphatic heterocycles. The number of imide groups is 4. The van der Waals surface area contributed by atoms with Crippen LogP contribution in [0.1, 0.15) is 33.6 Å². The number of hydrogen-bond acceptors (Lipinski definition) is 8. The van der Waals surface area contributed by atoms with Gasteiger partial charge in [-0.05, 0) is 12.8 Å². The molecule has 0 bridgehead atoms. The average molecular weight is 470 g/mol. The van der Waals surface area contributed by atoms with Gasteiger partial charge in [-0.15, -0.1) is 0 Å². The molecule has 0 aromatic carbocycles. The van der Waals surface area contributed by atoms with Crippen LogP contribution in [0, 0.1) is 5.92 Å². The van der Waals surface area contributed by atoms with Crippen molar-refractivity contribution in [3.05, 3.63) is 36.5 Å². The summed E-state index contributed by atoms with van der Waals surface area (Å²) in [5, 5.41) is 0. The number of amides is 8. The van der Waals surface area contributed by atoms with Gasteiger partial charge in [-0.3, -0.25) is 58.0 Å². The third-order valence-electron chi connectivity index (χ3n) is 5.49. The molecule has 12 heteroatoms. The standard InChI is InChI=1S/C12H12N2O4.C10H10N2O4/c1-7(2)12(13-8(15)3-4-9(13)16)14-10(17)5-6-11(14)18;1-6(11-7(13)2-3-8(11)14)12-9(15)4-5-10(12)16/h3-7,12H,1-2H3;2-3,6H,4-5H2,1H3. The summed E-state index contributed by atoms with van der Waals surface area (Å²) in [6.45, 7) is 4.97.